The molecule has 1 aromatic rings. The summed E-state index contributed by atoms with van der Waals surface area (Å²) in [6.07, 6.45) is 0.587. The van der Waals surface area contributed by atoms with Gasteiger partial charge in [-0.15, -0.1) is 0 Å². The third kappa shape index (κ3) is 1.70. The first-order valence-electron chi connectivity index (χ1n) is 4.71. The van der Waals surface area contributed by atoms with Crippen molar-refractivity contribution in [2.45, 2.75) is 19.5 Å². The third-order valence-electron chi connectivity index (χ3n) is 2.44. The van der Waals surface area contributed by atoms with Crippen molar-refractivity contribution < 1.29 is 0 Å². The summed E-state index contributed by atoms with van der Waals surface area (Å²) in [5.74, 6) is 0.585. The number of fused-ring (bicyclic) bond motifs is 1. The Hall–Kier alpha value is -1.54. The lowest BCUT2D eigenvalue weighted by Crippen LogP contribution is -2.34. The normalized spacial score (nSPS) is 16.2. The molecule has 0 saturated heterocycles. The smallest absolute Gasteiger partial charge is 0.145 e. The van der Waals surface area contributed by atoms with Crippen molar-refractivity contribution in [2.24, 2.45) is 0 Å². The minimum Gasteiger partial charge on any atom is -0.382 e. The summed E-state index contributed by atoms with van der Waals surface area (Å²) in [6, 6.07) is 4.06. The first kappa shape index (κ1) is 9.03. The maximum absolute atomic E-state index is 8.48. The van der Waals surface area contributed by atoms with Crippen LogP contribution in [0.3, 0.4) is 0 Å². The van der Waals surface area contributed by atoms with Crippen molar-refractivity contribution in [2.75, 3.05) is 18.8 Å². The van der Waals surface area contributed by atoms with E-state index in [9.17, 15) is 0 Å². The Morgan fingerprint density at radius 1 is 1.57 bits per heavy atom. The summed E-state index contributed by atoms with van der Waals surface area (Å²) in [4.78, 5) is 2.25. The molecule has 0 aliphatic carbocycles. The van der Waals surface area contributed by atoms with Gasteiger partial charge in [0.05, 0.1) is 18.3 Å². The van der Waals surface area contributed by atoms with E-state index in [0.29, 0.717) is 12.2 Å². The molecule has 0 saturated carbocycles. The molecule has 0 spiro atoms. The summed E-state index contributed by atoms with van der Waals surface area (Å²) in [7, 11) is 0. The van der Waals surface area contributed by atoms with E-state index in [1.54, 1.807) is 0 Å². The Labute approximate surface area is 82.7 Å². The zero-order valence-electron chi connectivity index (χ0n) is 7.98. The van der Waals surface area contributed by atoms with Gasteiger partial charge in [0, 0.05) is 32.1 Å². The molecule has 0 radical (unpaired) electrons. The minimum absolute atomic E-state index is 0.585. The lowest BCUT2D eigenvalue weighted by atomic mass is 10.3. The van der Waals surface area contributed by atoms with Gasteiger partial charge in [-0.1, -0.05) is 0 Å². The van der Waals surface area contributed by atoms with E-state index < -0.39 is 0 Å². The van der Waals surface area contributed by atoms with Gasteiger partial charge < -0.3 is 5.73 Å². The zero-order chi connectivity index (χ0) is 9.97. The fourth-order valence-electron chi connectivity index (χ4n) is 1.74. The fourth-order valence-corrected chi connectivity index (χ4v) is 1.74. The van der Waals surface area contributed by atoms with E-state index in [0.717, 1.165) is 31.9 Å². The van der Waals surface area contributed by atoms with Gasteiger partial charge in [0.2, 0.25) is 0 Å². The van der Waals surface area contributed by atoms with Gasteiger partial charge in [0.25, 0.3) is 0 Å². The Bertz CT molecular complexity index is 362. The molecule has 74 valence electrons. The monoisotopic (exact) mass is 191 g/mol. The van der Waals surface area contributed by atoms with Crippen LogP contribution < -0.4 is 5.73 Å². The molecular weight excluding hydrogens is 178 g/mol. The van der Waals surface area contributed by atoms with Gasteiger partial charge in [-0.25, -0.2) is 0 Å². The van der Waals surface area contributed by atoms with E-state index in [1.165, 1.54) is 0 Å². The van der Waals surface area contributed by atoms with Crippen LogP contribution in [-0.4, -0.2) is 27.8 Å². The fraction of sp³-hybridized carbons (Fsp3) is 0.556. The van der Waals surface area contributed by atoms with Crippen LogP contribution >= 0.6 is 0 Å². The van der Waals surface area contributed by atoms with Gasteiger partial charge >= 0.3 is 0 Å². The van der Waals surface area contributed by atoms with Crippen molar-refractivity contribution in [1.82, 2.24) is 14.7 Å². The molecule has 0 aromatic carbocycles. The van der Waals surface area contributed by atoms with Gasteiger partial charge in [0.1, 0.15) is 5.82 Å². The van der Waals surface area contributed by atoms with Crippen molar-refractivity contribution in [3.8, 4) is 6.07 Å². The van der Waals surface area contributed by atoms with E-state index in [1.807, 2.05) is 10.7 Å². The average molecular weight is 191 g/mol. The molecular formula is C9H13N5. The number of rotatable bonds is 2. The molecule has 1 aliphatic rings. The van der Waals surface area contributed by atoms with Crippen molar-refractivity contribution >= 4 is 5.82 Å². The molecule has 5 heteroatoms. The second-order valence-corrected chi connectivity index (χ2v) is 3.47. The molecule has 0 bridgehead atoms. The number of anilines is 1. The summed E-state index contributed by atoms with van der Waals surface area (Å²) in [6.45, 7) is 3.52. The number of nitrogens with two attached hydrogens (primary N) is 1. The quantitative estimate of drug-likeness (QED) is 0.724. The summed E-state index contributed by atoms with van der Waals surface area (Å²) >= 11 is 0. The Morgan fingerprint density at radius 2 is 2.43 bits per heavy atom. The Balaban J connectivity index is 2.02. The summed E-state index contributed by atoms with van der Waals surface area (Å²) in [5, 5.41) is 12.7. The molecule has 0 amide bonds. The molecule has 2 rings (SSSR count). The highest BCUT2D eigenvalue weighted by atomic mass is 15.3. The predicted molar refractivity (Wildman–Crippen MR) is 52.1 cm³/mol. The lowest BCUT2D eigenvalue weighted by Gasteiger charge is -2.26. The SMILES string of the molecule is N#CCCN1CCn2nc(N)cc2C1. The highest BCUT2D eigenvalue weighted by molar-refractivity contribution is 5.29. The maximum atomic E-state index is 8.48. The standard InChI is InChI=1S/C9H13N5/c10-2-1-3-13-4-5-14-8(7-13)6-9(11)12-14/h6H,1,3-5,7H2,(H2,11,12). The largest absolute Gasteiger partial charge is 0.382 e. The van der Waals surface area contributed by atoms with Gasteiger partial charge in [0.15, 0.2) is 0 Å². The van der Waals surface area contributed by atoms with E-state index in [2.05, 4.69) is 16.1 Å². The number of nitrogens with zero attached hydrogens (tertiary/aromatic N) is 4. The van der Waals surface area contributed by atoms with Gasteiger partial charge in [-0.3, -0.25) is 9.58 Å². The Kier molecular flexibility index (Phi) is 2.37. The molecule has 5 nitrogen and oxygen atoms in total. The van der Waals surface area contributed by atoms with Crippen LogP contribution in [0.2, 0.25) is 0 Å². The van der Waals surface area contributed by atoms with E-state index in [4.69, 9.17) is 11.0 Å². The second-order valence-electron chi connectivity index (χ2n) is 3.47. The van der Waals surface area contributed by atoms with Crippen molar-refractivity contribution in [3.05, 3.63) is 11.8 Å². The van der Waals surface area contributed by atoms with E-state index in [-0.39, 0.29) is 0 Å². The van der Waals surface area contributed by atoms with Crippen LogP contribution in [0.1, 0.15) is 12.1 Å². The number of aromatic nitrogens is 2. The average Bonchev–Trinajstić information content (AvgIpc) is 2.54. The number of nitrogen functional groups attached to an aromatic ring is 1. The Morgan fingerprint density at radius 3 is 3.21 bits per heavy atom. The minimum atomic E-state index is 0.585. The van der Waals surface area contributed by atoms with E-state index >= 15 is 0 Å². The molecule has 0 fully saturated rings. The van der Waals surface area contributed by atoms with Crippen LogP contribution in [0.5, 0.6) is 0 Å². The second kappa shape index (κ2) is 3.68. The summed E-state index contributed by atoms with van der Waals surface area (Å²) in [5.41, 5.74) is 6.75. The van der Waals surface area contributed by atoms with Crippen molar-refractivity contribution in [1.29, 1.82) is 5.26 Å². The van der Waals surface area contributed by atoms with Crippen LogP contribution in [0, 0.1) is 11.3 Å². The first-order chi connectivity index (χ1) is 6.79. The molecule has 14 heavy (non-hydrogen) atoms. The van der Waals surface area contributed by atoms with Crippen LogP contribution in [0.15, 0.2) is 6.07 Å². The molecule has 2 heterocycles. The molecule has 1 aliphatic heterocycles. The highest BCUT2D eigenvalue weighted by Gasteiger charge is 2.16. The molecule has 1 aromatic heterocycles. The van der Waals surface area contributed by atoms with Crippen molar-refractivity contribution in [3.63, 3.8) is 0 Å². The van der Waals surface area contributed by atoms with Gasteiger partial charge in [-0.2, -0.15) is 10.4 Å². The highest BCUT2D eigenvalue weighted by Crippen LogP contribution is 2.14. The lowest BCUT2D eigenvalue weighted by molar-refractivity contribution is 0.218. The zero-order valence-corrected chi connectivity index (χ0v) is 7.98. The van der Waals surface area contributed by atoms with Crippen LogP contribution in [0.25, 0.3) is 0 Å². The number of hydrogen-bond donors (Lipinski definition) is 1. The maximum Gasteiger partial charge on any atom is 0.145 e. The van der Waals surface area contributed by atoms with Crippen LogP contribution in [0.4, 0.5) is 5.82 Å². The first-order valence-corrected chi connectivity index (χ1v) is 4.71. The topological polar surface area (TPSA) is 70.9 Å². The molecule has 0 atom stereocenters. The summed E-state index contributed by atoms with van der Waals surface area (Å²) < 4.78 is 1.94. The van der Waals surface area contributed by atoms with Gasteiger partial charge in [-0.05, 0) is 0 Å². The number of nitriles is 1. The number of hydrogen-bond acceptors (Lipinski definition) is 4. The van der Waals surface area contributed by atoms with Crippen LogP contribution in [-0.2, 0) is 13.1 Å². The predicted octanol–water partition coefficient (Wildman–Crippen LogP) is 0.195. The molecule has 0 unspecified atom stereocenters. The third-order valence-corrected chi connectivity index (χ3v) is 2.44. The molecule has 2 N–H and O–H groups in total.